The lowest BCUT2D eigenvalue weighted by Crippen LogP contribution is -2.28. The summed E-state index contributed by atoms with van der Waals surface area (Å²) in [4.78, 5) is 0.366. The Balaban J connectivity index is 2.32. The molecule has 2 rings (SSSR count). The lowest BCUT2D eigenvalue weighted by Gasteiger charge is -2.14. The summed E-state index contributed by atoms with van der Waals surface area (Å²) in [6, 6.07) is 1.88. The van der Waals surface area contributed by atoms with Crippen LogP contribution in [0.25, 0.3) is 0 Å². The molecule has 5 nitrogen and oxygen atoms in total. The van der Waals surface area contributed by atoms with Crippen LogP contribution < -0.4 is 5.73 Å². The van der Waals surface area contributed by atoms with E-state index in [-0.39, 0.29) is 6.04 Å². The van der Waals surface area contributed by atoms with Crippen molar-refractivity contribution in [3.05, 3.63) is 18.0 Å². The Labute approximate surface area is 109 Å². The molecule has 6 heteroatoms. The van der Waals surface area contributed by atoms with Gasteiger partial charge in [-0.1, -0.05) is 6.92 Å². The highest BCUT2D eigenvalue weighted by Crippen LogP contribution is 2.30. The number of sulfonamides is 1. The Hall–Kier alpha value is -0.850. The molecule has 0 spiro atoms. The van der Waals surface area contributed by atoms with E-state index in [9.17, 15) is 8.42 Å². The van der Waals surface area contributed by atoms with Crippen molar-refractivity contribution in [3.8, 4) is 0 Å². The molecule has 0 unspecified atom stereocenters. The number of rotatable bonds is 6. The largest absolute Gasteiger partial charge is 0.349 e. The SMILES string of the molecule is CCCn1cc(S(=O)(=O)N(C)C2CC2)cc1CN. The maximum absolute atomic E-state index is 12.4. The first-order valence-electron chi connectivity index (χ1n) is 6.37. The van der Waals surface area contributed by atoms with Crippen LogP contribution in [-0.4, -0.2) is 30.4 Å². The average molecular weight is 271 g/mol. The lowest BCUT2D eigenvalue weighted by molar-refractivity contribution is 0.464. The van der Waals surface area contributed by atoms with Crippen LogP contribution in [0.4, 0.5) is 0 Å². The molecular weight excluding hydrogens is 250 g/mol. The molecule has 0 amide bonds. The Morgan fingerprint density at radius 2 is 2.17 bits per heavy atom. The average Bonchev–Trinajstić information content (AvgIpc) is 3.10. The number of aromatic nitrogens is 1. The fraction of sp³-hybridized carbons (Fsp3) is 0.667. The molecule has 1 aliphatic carbocycles. The molecule has 1 aromatic heterocycles. The summed E-state index contributed by atoms with van der Waals surface area (Å²) in [7, 11) is -1.69. The first-order chi connectivity index (χ1) is 8.50. The molecule has 0 aliphatic heterocycles. The second kappa shape index (κ2) is 5.03. The highest BCUT2D eigenvalue weighted by atomic mass is 32.2. The fourth-order valence-electron chi connectivity index (χ4n) is 2.09. The smallest absolute Gasteiger partial charge is 0.244 e. The normalized spacial score (nSPS) is 16.4. The van der Waals surface area contributed by atoms with Crippen molar-refractivity contribution in [2.75, 3.05) is 7.05 Å². The van der Waals surface area contributed by atoms with Crippen molar-refractivity contribution in [3.63, 3.8) is 0 Å². The first kappa shape index (κ1) is 13.6. The van der Waals surface area contributed by atoms with Crippen LogP contribution in [0, 0.1) is 0 Å². The molecule has 0 atom stereocenters. The molecule has 102 valence electrons. The highest BCUT2D eigenvalue weighted by Gasteiger charge is 2.35. The van der Waals surface area contributed by atoms with E-state index in [0.29, 0.717) is 11.4 Å². The first-order valence-corrected chi connectivity index (χ1v) is 7.81. The third kappa shape index (κ3) is 2.46. The zero-order chi connectivity index (χ0) is 13.3. The summed E-state index contributed by atoms with van der Waals surface area (Å²) >= 11 is 0. The van der Waals surface area contributed by atoms with E-state index in [1.807, 2.05) is 4.57 Å². The summed E-state index contributed by atoms with van der Waals surface area (Å²) in [6.45, 7) is 3.22. The summed E-state index contributed by atoms with van der Waals surface area (Å²) in [5.74, 6) is 0. The highest BCUT2D eigenvalue weighted by molar-refractivity contribution is 7.89. The summed E-state index contributed by atoms with van der Waals surface area (Å²) in [5.41, 5.74) is 6.53. The van der Waals surface area contributed by atoms with Gasteiger partial charge in [0.05, 0.1) is 0 Å². The van der Waals surface area contributed by atoms with Gasteiger partial charge < -0.3 is 10.3 Å². The van der Waals surface area contributed by atoms with Gasteiger partial charge in [0.25, 0.3) is 0 Å². The van der Waals surface area contributed by atoms with Crippen LogP contribution in [-0.2, 0) is 23.1 Å². The number of hydrogen-bond acceptors (Lipinski definition) is 3. The predicted octanol–water partition coefficient (Wildman–Crippen LogP) is 1.14. The standard InChI is InChI=1S/C12H21N3O2S/c1-3-6-15-9-12(7-11(15)8-13)18(16,17)14(2)10-4-5-10/h7,9-10H,3-6,8,13H2,1-2H3. The van der Waals surface area contributed by atoms with E-state index in [1.54, 1.807) is 19.3 Å². The van der Waals surface area contributed by atoms with E-state index in [4.69, 9.17) is 5.73 Å². The van der Waals surface area contributed by atoms with Crippen molar-refractivity contribution in [1.82, 2.24) is 8.87 Å². The van der Waals surface area contributed by atoms with Crippen LogP contribution in [0.5, 0.6) is 0 Å². The maximum atomic E-state index is 12.4. The van der Waals surface area contributed by atoms with Gasteiger partial charge in [0, 0.05) is 38.1 Å². The number of aryl methyl sites for hydroxylation is 1. The second-order valence-corrected chi connectivity index (χ2v) is 6.81. The predicted molar refractivity (Wildman–Crippen MR) is 70.6 cm³/mol. The molecule has 2 N–H and O–H groups in total. The van der Waals surface area contributed by atoms with Gasteiger partial charge in [-0.25, -0.2) is 8.42 Å². The van der Waals surface area contributed by atoms with Crippen LogP contribution >= 0.6 is 0 Å². The molecule has 1 heterocycles. The van der Waals surface area contributed by atoms with Crippen molar-refractivity contribution in [1.29, 1.82) is 0 Å². The Morgan fingerprint density at radius 3 is 2.67 bits per heavy atom. The molecule has 1 fully saturated rings. The summed E-state index contributed by atoms with van der Waals surface area (Å²) < 4.78 is 28.2. The topological polar surface area (TPSA) is 68.3 Å². The molecule has 0 radical (unpaired) electrons. The minimum absolute atomic E-state index is 0.186. The molecular formula is C12H21N3O2S. The van der Waals surface area contributed by atoms with Crippen molar-refractivity contribution in [2.24, 2.45) is 5.73 Å². The number of nitrogens with two attached hydrogens (primary N) is 1. The van der Waals surface area contributed by atoms with Gasteiger partial charge in [-0.05, 0) is 25.3 Å². The van der Waals surface area contributed by atoms with E-state index >= 15 is 0 Å². The van der Waals surface area contributed by atoms with Crippen LogP contribution in [0.1, 0.15) is 31.9 Å². The monoisotopic (exact) mass is 271 g/mol. The zero-order valence-electron chi connectivity index (χ0n) is 11.0. The van der Waals surface area contributed by atoms with Gasteiger partial charge in [0.15, 0.2) is 0 Å². The minimum Gasteiger partial charge on any atom is -0.349 e. The van der Waals surface area contributed by atoms with Crippen molar-refractivity contribution >= 4 is 10.0 Å². The van der Waals surface area contributed by atoms with Gasteiger partial charge in [0.2, 0.25) is 10.0 Å². The molecule has 18 heavy (non-hydrogen) atoms. The minimum atomic E-state index is -3.35. The zero-order valence-corrected chi connectivity index (χ0v) is 11.8. The quantitative estimate of drug-likeness (QED) is 0.843. The number of nitrogens with zero attached hydrogens (tertiary/aromatic N) is 2. The van der Waals surface area contributed by atoms with Gasteiger partial charge in [0.1, 0.15) is 4.90 Å². The third-order valence-electron chi connectivity index (χ3n) is 3.37. The molecule has 1 aromatic rings. The molecule has 1 aliphatic rings. The molecule has 0 aromatic carbocycles. The van der Waals surface area contributed by atoms with Crippen LogP contribution in [0.2, 0.25) is 0 Å². The van der Waals surface area contributed by atoms with Crippen LogP contribution in [0.15, 0.2) is 17.2 Å². The van der Waals surface area contributed by atoms with E-state index in [1.165, 1.54) is 4.31 Å². The van der Waals surface area contributed by atoms with Gasteiger partial charge in [-0.3, -0.25) is 0 Å². The summed E-state index contributed by atoms with van der Waals surface area (Å²) in [6.07, 6.45) is 4.60. The molecule has 0 saturated heterocycles. The Morgan fingerprint density at radius 1 is 1.50 bits per heavy atom. The van der Waals surface area contributed by atoms with Crippen LogP contribution in [0.3, 0.4) is 0 Å². The summed E-state index contributed by atoms with van der Waals surface area (Å²) in [5, 5.41) is 0. The second-order valence-electron chi connectivity index (χ2n) is 4.82. The lowest BCUT2D eigenvalue weighted by atomic mass is 10.4. The van der Waals surface area contributed by atoms with E-state index < -0.39 is 10.0 Å². The van der Waals surface area contributed by atoms with E-state index in [2.05, 4.69) is 6.92 Å². The fourth-order valence-corrected chi connectivity index (χ4v) is 3.57. The van der Waals surface area contributed by atoms with Gasteiger partial charge >= 0.3 is 0 Å². The molecule has 0 bridgehead atoms. The Bertz CT molecular complexity index is 517. The van der Waals surface area contributed by atoms with Crippen molar-refractivity contribution in [2.45, 2.75) is 50.2 Å². The van der Waals surface area contributed by atoms with Gasteiger partial charge in [-0.2, -0.15) is 4.31 Å². The molecule has 1 saturated carbocycles. The Kier molecular flexibility index (Phi) is 3.79. The third-order valence-corrected chi connectivity index (χ3v) is 5.25. The van der Waals surface area contributed by atoms with Crippen molar-refractivity contribution < 1.29 is 8.42 Å². The number of hydrogen-bond donors (Lipinski definition) is 1. The maximum Gasteiger partial charge on any atom is 0.244 e. The van der Waals surface area contributed by atoms with Gasteiger partial charge in [-0.15, -0.1) is 0 Å². The van der Waals surface area contributed by atoms with E-state index in [0.717, 1.165) is 31.5 Å².